The van der Waals surface area contributed by atoms with Gasteiger partial charge in [-0.25, -0.2) is 4.79 Å². The third-order valence-electron chi connectivity index (χ3n) is 6.02. The zero-order chi connectivity index (χ0) is 26.7. The molecule has 0 bridgehead atoms. The van der Waals surface area contributed by atoms with Crippen LogP contribution in [0.5, 0.6) is 5.75 Å². The van der Waals surface area contributed by atoms with Crippen LogP contribution in [0.15, 0.2) is 24.3 Å². The van der Waals surface area contributed by atoms with Gasteiger partial charge in [-0.1, -0.05) is 12.1 Å². The van der Waals surface area contributed by atoms with E-state index in [1.807, 2.05) is 12.5 Å². The van der Waals surface area contributed by atoms with E-state index in [9.17, 15) is 29.4 Å². The van der Waals surface area contributed by atoms with E-state index < -0.39 is 42.0 Å². The number of nitrogens with two attached hydrogens (primary N) is 1. The Labute approximate surface area is 220 Å². The van der Waals surface area contributed by atoms with Crippen molar-refractivity contribution in [3.8, 4) is 5.75 Å². The van der Waals surface area contributed by atoms with E-state index in [1.54, 1.807) is 23.9 Å². The molecule has 1 aromatic rings. The molecule has 4 atom stereocenters. The van der Waals surface area contributed by atoms with Crippen LogP contribution < -0.4 is 16.4 Å². The molecule has 0 aliphatic carbocycles. The Balaban J connectivity index is 2.18. The van der Waals surface area contributed by atoms with Gasteiger partial charge in [-0.15, -0.1) is 0 Å². The Morgan fingerprint density at radius 1 is 1.06 bits per heavy atom. The summed E-state index contributed by atoms with van der Waals surface area (Å²) in [7, 11) is 0. The Hall–Kier alpha value is -2.44. The summed E-state index contributed by atoms with van der Waals surface area (Å²) >= 11 is 3.06. The Morgan fingerprint density at radius 2 is 1.69 bits per heavy atom. The number of thioether (sulfide) groups is 2. The number of carboxylic acids is 1. The predicted octanol–water partition coefficient (Wildman–Crippen LogP) is 0.813. The second-order valence-corrected chi connectivity index (χ2v) is 10.7. The average molecular weight is 541 g/mol. The van der Waals surface area contributed by atoms with Crippen molar-refractivity contribution < 1.29 is 29.4 Å². The van der Waals surface area contributed by atoms with E-state index >= 15 is 0 Å². The number of hydrogen-bond acceptors (Lipinski definition) is 8. The summed E-state index contributed by atoms with van der Waals surface area (Å²) in [5.41, 5.74) is 6.72. The smallest absolute Gasteiger partial charge is 0.326 e. The number of phenols is 1. The van der Waals surface area contributed by atoms with Crippen molar-refractivity contribution >= 4 is 47.2 Å². The summed E-state index contributed by atoms with van der Waals surface area (Å²) in [5.74, 6) is -1.21. The van der Waals surface area contributed by atoms with Crippen molar-refractivity contribution in [2.45, 2.75) is 56.3 Å². The minimum atomic E-state index is -1.15. The summed E-state index contributed by atoms with van der Waals surface area (Å²) in [5, 5.41) is 24.4. The number of carbonyl (C=O) groups is 4. The van der Waals surface area contributed by atoms with Gasteiger partial charge in [0, 0.05) is 13.0 Å². The number of aromatic hydroxyl groups is 1. The van der Waals surface area contributed by atoms with Crippen LogP contribution in [0.4, 0.5) is 0 Å². The monoisotopic (exact) mass is 540 g/mol. The van der Waals surface area contributed by atoms with Crippen LogP contribution in [0.2, 0.25) is 0 Å². The molecule has 2 rings (SSSR count). The summed E-state index contributed by atoms with van der Waals surface area (Å²) < 4.78 is 0. The lowest BCUT2D eigenvalue weighted by atomic mass is 10.0. The number of benzene rings is 1. The second-order valence-electron chi connectivity index (χ2n) is 8.69. The van der Waals surface area contributed by atoms with Crippen LogP contribution >= 0.6 is 23.5 Å². The van der Waals surface area contributed by atoms with Crippen molar-refractivity contribution in [2.75, 3.05) is 30.6 Å². The molecule has 12 heteroatoms. The number of likely N-dealkylation sites (tertiary alicyclic amines) is 1. The minimum Gasteiger partial charge on any atom is -0.508 e. The lowest BCUT2D eigenvalue weighted by Gasteiger charge is -2.28. The van der Waals surface area contributed by atoms with Crippen molar-refractivity contribution in [1.29, 1.82) is 0 Å². The van der Waals surface area contributed by atoms with Gasteiger partial charge >= 0.3 is 5.97 Å². The molecule has 1 aromatic carbocycles. The van der Waals surface area contributed by atoms with Gasteiger partial charge in [0.2, 0.25) is 17.7 Å². The number of aliphatic carboxylic acids is 1. The Morgan fingerprint density at radius 3 is 2.31 bits per heavy atom. The number of carbonyl (C=O) groups excluding carboxylic acids is 3. The summed E-state index contributed by atoms with van der Waals surface area (Å²) in [6.07, 6.45) is 5.69. The topological polar surface area (TPSA) is 162 Å². The summed E-state index contributed by atoms with van der Waals surface area (Å²) in [4.78, 5) is 52.4. The highest BCUT2D eigenvalue weighted by Gasteiger charge is 2.37. The minimum absolute atomic E-state index is 0.0599. The number of nitrogens with one attached hydrogen (secondary N) is 2. The van der Waals surface area contributed by atoms with Gasteiger partial charge in [-0.2, -0.15) is 23.5 Å². The van der Waals surface area contributed by atoms with E-state index in [1.165, 1.54) is 28.8 Å². The molecule has 0 spiro atoms. The molecule has 3 amide bonds. The molecule has 1 aliphatic heterocycles. The lowest BCUT2D eigenvalue weighted by molar-refractivity contribution is -0.143. The van der Waals surface area contributed by atoms with Gasteiger partial charge < -0.3 is 31.5 Å². The lowest BCUT2D eigenvalue weighted by Crippen LogP contribution is -2.57. The van der Waals surface area contributed by atoms with Crippen LogP contribution in [-0.4, -0.2) is 93.5 Å². The number of rotatable bonds is 14. The second kappa shape index (κ2) is 15.0. The van der Waals surface area contributed by atoms with Gasteiger partial charge in [0.1, 0.15) is 23.9 Å². The van der Waals surface area contributed by atoms with E-state index in [-0.39, 0.29) is 24.5 Å². The van der Waals surface area contributed by atoms with Crippen LogP contribution in [-0.2, 0) is 25.6 Å². The molecule has 0 radical (unpaired) electrons. The van der Waals surface area contributed by atoms with Gasteiger partial charge in [0.25, 0.3) is 0 Å². The molecular weight excluding hydrogens is 504 g/mol. The third-order valence-corrected chi connectivity index (χ3v) is 7.31. The molecule has 10 nitrogen and oxygen atoms in total. The Kier molecular flexibility index (Phi) is 12.4. The molecule has 1 aliphatic rings. The Bertz CT molecular complexity index is 901. The van der Waals surface area contributed by atoms with Gasteiger partial charge in [-0.05, 0) is 67.4 Å². The molecule has 1 saturated heterocycles. The van der Waals surface area contributed by atoms with Crippen molar-refractivity contribution in [1.82, 2.24) is 15.5 Å². The average Bonchev–Trinajstić information content (AvgIpc) is 3.35. The maximum absolute atomic E-state index is 13.3. The maximum Gasteiger partial charge on any atom is 0.326 e. The van der Waals surface area contributed by atoms with Crippen molar-refractivity contribution in [3.05, 3.63) is 29.8 Å². The quantitative estimate of drug-likeness (QED) is 0.230. The number of carboxylic acid groups (broad SMARTS) is 1. The highest BCUT2D eigenvalue weighted by molar-refractivity contribution is 7.98. The van der Waals surface area contributed by atoms with Crippen LogP contribution in [0.3, 0.4) is 0 Å². The predicted molar refractivity (Wildman–Crippen MR) is 142 cm³/mol. The van der Waals surface area contributed by atoms with E-state index in [2.05, 4.69) is 10.6 Å². The first-order valence-corrected chi connectivity index (χ1v) is 14.6. The number of hydrogen-bond donors (Lipinski definition) is 5. The maximum atomic E-state index is 13.3. The fourth-order valence-corrected chi connectivity index (χ4v) is 4.96. The molecule has 1 heterocycles. The molecule has 1 fully saturated rings. The van der Waals surface area contributed by atoms with E-state index in [4.69, 9.17) is 5.73 Å². The molecule has 200 valence electrons. The SMILES string of the molecule is CSCCC(N)C(=O)N1CCCC1C(=O)NC(Cc1ccc(O)cc1)C(=O)NC(CCSC)C(=O)O. The number of phenolic OH excluding ortho intramolecular Hbond substituents is 1. The van der Waals surface area contributed by atoms with Crippen LogP contribution in [0.1, 0.15) is 31.2 Å². The molecule has 0 saturated carbocycles. The molecule has 36 heavy (non-hydrogen) atoms. The first kappa shape index (κ1) is 29.8. The van der Waals surface area contributed by atoms with Gasteiger partial charge in [-0.3, -0.25) is 14.4 Å². The van der Waals surface area contributed by atoms with E-state index in [0.29, 0.717) is 37.1 Å². The van der Waals surface area contributed by atoms with E-state index in [0.717, 1.165) is 5.75 Å². The van der Waals surface area contributed by atoms with Crippen molar-refractivity contribution in [2.24, 2.45) is 5.73 Å². The highest BCUT2D eigenvalue weighted by atomic mass is 32.2. The van der Waals surface area contributed by atoms with Crippen molar-refractivity contribution in [3.63, 3.8) is 0 Å². The molecule has 6 N–H and O–H groups in total. The third kappa shape index (κ3) is 8.90. The zero-order valence-electron chi connectivity index (χ0n) is 20.6. The first-order chi connectivity index (χ1) is 17.2. The zero-order valence-corrected chi connectivity index (χ0v) is 22.3. The number of amides is 3. The standard InChI is InChI=1S/C24H36N4O6S2/c1-35-12-9-17(25)23(32)28-11-3-4-20(28)22(31)27-19(14-15-5-7-16(29)8-6-15)21(30)26-18(24(33)34)10-13-36-2/h5-8,17-20,29H,3-4,9-14,25H2,1-2H3,(H,26,30)(H,27,31)(H,33,34). The highest BCUT2D eigenvalue weighted by Crippen LogP contribution is 2.20. The summed E-state index contributed by atoms with van der Waals surface area (Å²) in [6.45, 7) is 0.411. The van der Waals surface area contributed by atoms with Crippen LogP contribution in [0.25, 0.3) is 0 Å². The molecule has 4 unspecified atom stereocenters. The number of nitrogens with zero attached hydrogens (tertiary/aromatic N) is 1. The molecule has 0 aromatic heterocycles. The van der Waals surface area contributed by atoms with Gasteiger partial charge in [0.15, 0.2) is 0 Å². The van der Waals surface area contributed by atoms with Crippen LogP contribution in [0, 0.1) is 0 Å². The first-order valence-electron chi connectivity index (χ1n) is 11.8. The fourth-order valence-electron chi connectivity index (χ4n) is 3.99. The fraction of sp³-hybridized carbons (Fsp3) is 0.583. The summed E-state index contributed by atoms with van der Waals surface area (Å²) in [6, 6.07) is 2.58. The largest absolute Gasteiger partial charge is 0.508 e. The molecular formula is C24H36N4O6S2. The van der Waals surface area contributed by atoms with Gasteiger partial charge in [0.05, 0.1) is 6.04 Å². The normalized spacial score (nSPS) is 17.8.